The fourth-order valence-electron chi connectivity index (χ4n) is 3.44. The fraction of sp³-hybridized carbons (Fsp3) is 0.107. The average molecular weight is 453 g/mol. The quantitative estimate of drug-likeness (QED) is 0.173. The molecular formula is C28H24N2O4. The molecule has 1 N–H and O–H groups in total. The van der Waals surface area contributed by atoms with E-state index in [-0.39, 0.29) is 5.91 Å². The van der Waals surface area contributed by atoms with Gasteiger partial charge in [0.2, 0.25) is 0 Å². The van der Waals surface area contributed by atoms with E-state index in [1.54, 1.807) is 42.5 Å². The van der Waals surface area contributed by atoms with Crippen LogP contribution in [0, 0.1) is 6.92 Å². The highest BCUT2D eigenvalue weighted by Crippen LogP contribution is 2.27. The van der Waals surface area contributed by atoms with Crippen molar-refractivity contribution in [1.82, 2.24) is 5.43 Å². The van der Waals surface area contributed by atoms with E-state index in [1.807, 2.05) is 56.3 Å². The number of hydrazone groups is 1. The van der Waals surface area contributed by atoms with Crippen molar-refractivity contribution >= 4 is 28.9 Å². The summed E-state index contributed by atoms with van der Waals surface area (Å²) in [4.78, 5) is 25.2. The van der Waals surface area contributed by atoms with Crippen molar-refractivity contribution in [3.63, 3.8) is 0 Å². The smallest absolute Gasteiger partial charge is 0.343 e. The van der Waals surface area contributed by atoms with E-state index in [4.69, 9.17) is 9.47 Å². The van der Waals surface area contributed by atoms with Crippen LogP contribution in [0.4, 0.5) is 0 Å². The first-order valence-electron chi connectivity index (χ1n) is 10.9. The van der Waals surface area contributed by atoms with Crippen molar-refractivity contribution in [2.75, 3.05) is 6.61 Å². The Morgan fingerprint density at radius 3 is 2.32 bits per heavy atom. The van der Waals surface area contributed by atoms with Crippen molar-refractivity contribution in [3.05, 3.63) is 107 Å². The molecule has 0 spiro atoms. The van der Waals surface area contributed by atoms with E-state index in [0.717, 1.165) is 16.3 Å². The van der Waals surface area contributed by atoms with Crippen LogP contribution in [0.25, 0.3) is 10.8 Å². The summed E-state index contributed by atoms with van der Waals surface area (Å²) in [6.07, 6.45) is 1.49. The zero-order valence-corrected chi connectivity index (χ0v) is 18.9. The normalized spacial score (nSPS) is 10.9. The molecule has 4 aromatic carbocycles. The highest BCUT2D eigenvalue weighted by Gasteiger charge is 2.14. The van der Waals surface area contributed by atoms with Crippen molar-refractivity contribution in [2.24, 2.45) is 5.10 Å². The van der Waals surface area contributed by atoms with Crippen LogP contribution >= 0.6 is 0 Å². The van der Waals surface area contributed by atoms with Crippen molar-refractivity contribution < 1.29 is 19.1 Å². The molecule has 0 aliphatic rings. The predicted octanol–water partition coefficient (Wildman–Crippen LogP) is 5.53. The SMILES string of the molecule is CCOc1ccc(C(=O)NN=Cc2c(OC(=O)c3ccc(C)cc3)ccc3ccccc23)cc1. The molecule has 0 aromatic heterocycles. The Kier molecular flexibility index (Phi) is 6.98. The van der Waals surface area contributed by atoms with Gasteiger partial charge in [0, 0.05) is 11.1 Å². The van der Waals surface area contributed by atoms with E-state index in [0.29, 0.717) is 34.8 Å². The Labute approximate surface area is 197 Å². The first-order valence-corrected chi connectivity index (χ1v) is 10.9. The molecule has 0 atom stereocenters. The number of hydrogen-bond acceptors (Lipinski definition) is 5. The summed E-state index contributed by atoms with van der Waals surface area (Å²) in [6.45, 7) is 4.40. The minimum atomic E-state index is -0.469. The zero-order valence-electron chi connectivity index (χ0n) is 18.9. The van der Waals surface area contributed by atoms with Crippen LogP contribution < -0.4 is 14.9 Å². The number of fused-ring (bicyclic) bond motifs is 1. The molecule has 0 saturated carbocycles. The molecule has 4 aromatic rings. The van der Waals surface area contributed by atoms with E-state index in [2.05, 4.69) is 10.5 Å². The number of amides is 1. The number of nitrogens with zero attached hydrogens (tertiary/aromatic N) is 1. The van der Waals surface area contributed by atoms with E-state index >= 15 is 0 Å². The standard InChI is InChI=1S/C28H24N2O4/c1-3-33-23-15-12-21(13-16-23)27(31)30-29-18-25-24-7-5-4-6-20(24)14-17-26(25)34-28(32)22-10-8-19(2)9-11-22/h4-18H,3H2,1-2H3,(H,30,31). The molecule has 0 heterocycles. The number of aryl methyl sites for hydroxylation is 1. The molecule has 0 saturated heterocycles. The Morgan fingerprint density at radius 1 is 0.882 bits per heavy atom. The van der Waals surface area contributed by atoms with Gasteiger partial charge in [-0.05, 0) is 67.1 Å². The number of carbonyl (C=O) groups is 2. The summed E-state index contributed by atoms with van der Waals surface area (Å²) in [7, 11) is 0. The number of benzene rings is 4. The minimum Gasteiger partial charge on any atom is -0.494 e. The van der Waals surface area contributed by atoms with Crippen LogP contribution in [0.15, 0.2) is 90.0 Å². The molecular weight excluding hydrogens is 428 g/mol. The van der Waals surface area contributed by atoms with Crippen LogP contribution in [0.3, 0.4) is 0 Å². The molecule has 6 nitrogen and oxygen atoms in total. The lowest BCUT2D eigenvalue weighted by molar-refractivity contribution is 0.0734. The second kappa shape index (κ2) is 10.4. The van der Waals surface area contributed by atoms with Gasteiger partial charge in [-0.3, -0.25) is 4.79 Å². The third-order valence-electron chi connectivity index (χ3n) is 5.21. The van der Waals surface area contributed by atoms with Gasteiger partial charge in [0.15, 0.2) is 0 Å². The summed E-state index contributed by atoms with van der Waals surface area (Å²) in [5.41, 5.74) is 5.07. The molecule has 170 valence electrons. The van der Waals surface area contributed by atoms with Gasteiger partial charge in [0.1, 0.15) is 11.5 Å². The van der Waals surface area contributed by atoms with E-state index in [9.17, 15) is 9.59 Å². The first kappa shape index (κ1) is 22.7. The highest BCUT2D eigenvalue weighted by atomic mass is 16.5. The largest absolute Gasteiger partial charge is 0.494 e. The molecule has 0 radical (unpaired) electrons. The number of esters is 1. The maximum atomic E-state index is 12.7. The summed E-state index contributed by atoms with van der Waals surface area (Å²) >= 11 is 0. The third-order valence-corrected chi connectivity index (χ3v) is 5.21. The van der Waals surface area contributed by atoms with Crippen molar-refractivity contribution in [2.45, 2.75) is 13.8 Å². The molecule has 0 aliphatic carbocycles. The Hall–Kier alpha value is -4.45. The van der Waals surface area contributed by atoms with E-state index in [1.165, 1.54) is 6.21 Å². The number of hydrogen-bond donors (Lipinski definition) is 1. The monoisotopic (exact) mass is 452 g/mol. The van der Waals surface area contributed by atoms with Gasteiger partial charge >= 0.3 is 5.97 Å². The van der Waals surface area contributed by atoms with Crippen LogP contribution in [0.1, 0.15) is 38.8 Å². The Bertz CT molecular complexity index is 1340. The summed E-state index contributed by atoms with van der Waals surface area (Å²) in [5.74, 6) is 0.211. The van der Waals surface area contributed by atoms with Crippen LogP contribution in [-0.4, -0.2) is 24.7 Å². The molecule has 0 aliphatic heterocycles. The van der Waals surface area contributed by atoms with E-state index < -0.39 is 5.97 Å². The summed E-state index contributed by atoms with van der Waals surface area (Å²) in [6, 6.07) is 25.3. The molecule has 1 amide bonds. The van der Waals surface area contributed by atoms with Crippen LogP contribution in [0.5, 0.6) is 11.5 Å². The average Bonchev–Trinajstić information content (AvgIpc) is 2.86. The first-order chi connectivity index (χ1) is 16.5. The molecule has 0 fully saturated rings. The fourth-order valence-corrected chi connectivity index (χ4v) is 3.44. The van der Waals surface area contributed by atoms with Gasteiger partial charge in [-0.2, -0.15) is 5.10 Å². The maximum Gasteiger partial charge on any atom is 0.343 e. The minimum absolute atomic E-state index is 0.350. The lowest BCUT2D eigenvalue weighted by Crippen LogP contribution is -2.17. The predicted molar refractivity (Wildman–Crippen MR) is 133 cm³/mol. The van der Waals surface area contributed by atoms with Crippen LogP contribution in [0.2, 0.25) is 0 Å². The Morgan fingerprint density at radius 2 is 1.59 bits per heavy atom. The number of rotatable bonds is 7. The van der Waals surface area contributed by atoms with Gasteiger partial charge in [0.05, 0.1) is 18.4 Å². The van der Waals surface area contributed by atoms with Crippen molar-refractivity contribution in [1.29, 1.82) is 0 Å². The van der Waals surface area contributed by atoms with Gasteiger partial charge in [-0.15, -0.1) is 0 Å². The Balaban J connectivity index is 1.57. The number of ether oxygens (including phenoxy) is 2. The van der Waals surface area contributed by atoms with Crippen LogP contribution in [-0.2, 0) is 0 Å². The van der Waals surface area contributed by atoms with Gasteiger partial charge in [0.25, 0.3) is 5.91 Å². The molecule has 0 bridgehead atoms. The zero-order chi connectivity index (χ0) is 23.9. The highest BCUT2D eigenvalue weighted by molar-refractivity contribution is 6.04. The molecule has 4 rings (SSSR count). The maximum absolute atomic E-state index is 12.7. The molecule has 34 heavy (non-hydrogen) atoms. The molecule has 6 heteroatoms. The van der Waals surface area contributed by atoms with Gasteiger partial charge in [-0.1, -0.05) is 48.0 Å². The lowest BCUT2D eigenvalue weighted by atomic mass is 10.0. The number of carbonyl (C=O) groups excluding carboxylic acids is 2. The van der Waals surface area contributed by atoms with Gasteiger partial charge in [-0.25, -0.2) is 10.2 Å². The third kappa shape index (κ3) is 5.30. The van der Waals surface area contributed by atoms with Gasteiger partial charge < -0.3 is 9.47 Å². The summed E-state index contributed by atoms with van der Waals surface area (Å²) < 4.78 is 11.1. The van der Waals surface area contributed by atoms with Crippen molar-refractivity contribution in [3.8, 4) is 11.5 Å². The molecule has 0 unspecified atom stereocenters. The second-order valence-corrected chi connectivity index (χ2v) is 7.61. The second-order valence-electron chi connectivity index (χ2n) is 7.61. The number of nitrogens with one attached hydrogen (secondary N) is 1. The lowest BCUT2D eigenvalue weighted by Gasteiger charge is -2.11. The summed E-state index contributed by atoms with van der Waals surface area (Å²) in [5, 5.41) is 5.93. The topological polar surface area (TPSA) is 77.0 Å².